The second-order valence-corrected chi connectivity index (χ2v) is 4.30. The highest BCUT2D eigenvalue weighted by molar-refractivity contribution is 6.03. The van der Waals surface area contributed by atoms with Crippen LogP contribution in [0.15, 0.2) is 36.4 Å². The van der Waals surface area contributed by atoms with Gasteiger partial charge in [-0.2, -0.15) is 13.2 Å². The first-order valence-electron chi connectivity index (χ1n) is 5.94. The van der Waals surface area contributed by atoms with E-state index in [0.29, 0.717) is 5.39 Å². The lowest BCUT2D eigenvalue weighted by atomic mass is 10.0. The predicted molar refractivity (Wildman–Crippen MR) is 68.6 cm³/mol. The zero-order valence-corrected chi connectivity index (χ0v) is 10.4. The Bertz CT molecular complexity index is 638. The van der Waals surface area contributed by atoms with Crippen molar-refractivity contribution in [1.29, 1.82) is 0 Å². The Morgan fingerprint density at radius 1 is 1.15 bits per heavy atom. The number of phenolic OH excluding ortho intramolecular Hbond substituents is 1. The van der Waals surface area contributed by atoms with Crippen LogP contribution in [-0.2, 0) is 0 Å². The van der Waals surface area contributed by atoms with E-state index in [2.05, 4.69) is 5.32 Å². The molecule has 0 fully saturated rings. The van der Waals surface area contributed by atoms with E-state index in [0.717, 1.165) is 5.39 Å². The molecular formula is C14H12F3NO2. The molecule has 1 amide bonds. The van der Waals surface area contributed by atoms with Crippen molar-refractivity contribution in [3.05, 3.63) is 42.0 Å². The van der Waals surface area contributed by atoms with Crippen LogP contribution >= 0.6 is 0 Å². The fourth-order valence-electron chi connectivity index (χ4n) is 1.85. The van der Waals surface area contributed by atoms with Crippen LogP contribution in [0.1, 0.15) is 16.8 Å². The quantitative estimate of drug-likeness (QED) is 0.908. The number of rotatable bonds is 3. The first-order valence-corrected chi connectivity index (χ1v) is 5.94. The zero-order valence-electron chi connectivity index (χ0n) is 10.4. The normalized spacial score (nSPS) is 11.6. The van der Waals surface area contributed by atoms with Crippen LogP contribution in [0.4, 0.5) is 13.2 Å². The molecule has 106 valence electrons. The summed E-state index contributed by atoms with van der Waals surface area (Å²) < 4.78 is 36.0. The van der Waals surface area contributed by atoms with Crippen molar-refractivity contribution in [3.8, 4) is 5.75 Å². The number of alkyl halides is 3. The Labute approximate surface area is 113 Å². The summed E-state index contributed by atoms with van der Waals surface area (Å²) in [6.45, 7) is -0.519. The minimum atomic E-state index is -4.32. The molecule has 0 aliphatic rings. The predicted octanol–water partition coefficient (Wildman–Crippen LogP) is 3.23. The molecule has 3 nitrogen and oxygen atoms in total. The molecule has 0 atom stereocenters. The van der Waals surface area contributed by atoms with Crippen LogP contribution in [0.3, 0.4) is 0 Å². The van der Waals surface area contributed by atoms with Crippen LogP contribution < -0.4 is 5.32 Å². The number of amides is 1. The summed E-state index contributed by atoms with van der Waals surface area (Å²) in [7, 11) is 0. The zero-order chi connectivity index (χ0) is 14.8. The third kappa shape index (κ3) is 3.20. The number of benzene rings is 2. The molecule has 0 saturated heterocycles. The maximum atomic E-state index is 12.0. The van der Waals surface area contributed by atoms with Gasteiger partial charge in [0.15, 0.2) is 0 Å². The molecule has 0 radical (unpaired) electrons. The van der Waals surface area contributed by atoms with Crippen molar-refractivity contribution >= 4 is 16.7 Å². The maximum Gasteiger partial charge on any atom is 0.390 e. The number of hydrogen-bond acceptors (Lipinski definition) is 2. The lowest BCUT2D eigenvalue weighted by Gasteiger charge is -2.10. The number of fused-ring (bicyclic) bond motifs is 1. The number of aromatic hydroxyl groups is 1. The highest BCUT2D eigenvalue weighted by Gasteiger charge is 2.26. The molecule has 0 heterocycles. The van der Waals surface area contributed by atoms with Gasteiger partial charge in [0.25, 0.3) is 5.91 Å². The fraction of sp³-hybridized carbons (Fsp3) is 0.214. The molecule has 0 aliphatic carbocycles. The summed E-state index contributed by atoms with van der Waals surface area (Å²) >= 11 is 0. The second-order valence-electron chi connectivity index (χ2n) is 4.30. The van der Waals surface area contributed by atoms with Gasteiger partial charge < -0.3 is 10.4 Å². The number of phenols is 1. The van der Waals surface area contributed by atoms with E-state index >= 15 is 0 Å². The van der Waals surface area contributed by atoms with Gasteiger partial charge in [0, 0.05) is 11.9 Å². The lowest BCUT2D eigenvalue weighted by molar-refractivity contribution is -0.132. The van der Waals surface area contributed by atoms with Gasteiger partial charge in [-0.25, -0.2) is 0 Å². The van der Waals surface area contributed by atoms with E-state index in [1.807, 2.05) is 0 Å². The summed E-state index contributed by atoms with van der Waals surface area (Å²) in [5, 5.41) is 13.4. The molecule has 0 unspecified atom stereocenters. The van der Waals surface area contributed by atoms with Crippen molar-refractivity contribution in [1.82, 2.24) is 5.32 Å². The van der Waals surface area contributed by atoms with E-state index in [1.165, 1.54) is 6.07 Å². The highest BCUT2D eigenvalue weighted by atomic mass is 19.4. The minimum absolute atomic E-state index is 0.0362. The van der Waals surface area contributed by atoms with Gasteiger partial charge in [-0.1, -0.05) is 30.3 Å². The standard InChI is InChI=1S/C14H12F3NO2/c15-14(16,17)7-8-18-13(20)11-6-5-9-3-1-2-4-10(9)12(11)19/h1-6,19H,7-8H2,(H,18,20). The third-order valence-corrected chi connectivity index (χ3v) is 2.84. The highest BCUT2D eigenvalue weighted by Crippen LogP contribution is 2.28. The molecule has 20 heavy (non-hydrogen) atoms. The van der Waals surface area contributed by atoms with Crippen LogP contribution in [0.5, 0.6) is 5.75 Å². The first kappa shape index (κ1) is 14.2. The molecule has 2 N–H and O–H groups in total. The summed E-state index contributed by atoms with van der Waals surface area (Å²) in [5.41, 5.74) is -0.0362. The van der Waals surface area contributed by atoms with Crippen molar-refractivity contribution in [2.75, 3.05) is 6.54 Å². The fourth-order valence-corrected chi connectivity index (χ4v) is 1.85. The van der Waals surface area contributed by atoms with Crippen LogP contribution in [0, 0.1) is 0 Å². The molecule has 2 aromatic rings. The number of carbonyl (C=O) groups is 1. The second kappa shape index (κ2) is 5.40. The van der Waals surface area contributed by atoms with Crippen LogP contribution in [-0.4, -0.2) is 23.7 Å². The summed E-state index contributed by atoms with van der Waals surface area (Å²) in [6.07, 6.45) is -5.42. The number of hydrogen-bond donors (Lipinski definition) is 2. The first-order chi connectivity index (χ1) is 9.38. The Morgan fingerprint density at radius 2 is 1.85 bits per heavy atom. The van der Waals surface area contributed by atoms with Gasteiger partial charge in [-0.3, -0.25) is 4.79 Å². The smallest absolute Gasteiger partial charge is 0.390 e. The van der Waals surface area contributed by atoms with Gasteiger partial charge in [0.1, 0.15) is 5.75 Å². The largest absolute Gasteiger partial charge is 0.506 e. The molecule has 0 aromatic heterocycles. The van der Waals surface area contributed by atoms with Crippen LogP contribution in [0.25, 0.3) is 10.8 Å². The number of carbonyl (C=O) groups excluding carboxylic acids is 1. The van der Waals surface area contributed by atoms with Gasteiger partial charge in [0.2, 0.25) is 0 Å². The summed E-state index contributed by atoms with van der Waals surface area (Å²) in [6, 6.07) is 9.91. The van der Waals surface area contributed by atoms with E-state index in [4.69, 9.17) is 0 Å². The van der Waals surface area contributed by atoms with Gasteiger partial charge >= 0.3 is 6.18 Å². The molecule has 0 saturated carbocycles. The van der Waals surface area contributed by atoms with Crippen molar-refractivity contribution in [2.45, 2.75) is 12.6 Å². The molecule has 6 heteroatoms. The molecule has 0 bridgehead atoms. The molecule has 0 aliphatic heterocycles. The van der Waals surface area contributed by atoms with Gasteiger partial charge in [-0.15, -0.1) is 0 Å². The summed E-state index contributed by atoms with van der Waals surface area (Å²) in [5.74, 6) is -0.954. The Morgan fingerprint density at radius 3 is 2.55 bits per heavy atom. The van der Waals surface area contributed by atoms with Crippen molar-refractivity contribution in [3.63, 3.8) is 0 Å². The Balaban J connectivity index is 2.16. The van der Waals surface area contributed by atoms with E-state index in [9.17, 15) is 23.1 Å². The molecule has 2 rings (SSSR count). The van der Waals surface area contributed by atoms with Gasteiger partial charge in [0.05, 0.1) is 12.0 Å². The SMILES string of the molecule is O=C(NCCC(F)(F)F)c1ccc2ccccc2c1O. The van der Waals surface area contributed by atoms with Crippen molar-refractivity contribution in [2.24, 2.45) is 0 Å². The Kier molecular flexibility index (Phi) is 3.83. The molecule has 2 aromatic carbocycles. The maximum absolute atomic E-state index is 12.0. The van der Waals surface area contributed by atoms with Crippen molar-refractivity contribution < 1.29 is 23.1 Å². The lowest BCUT2D eigenvalue weighted by Crippen LogP contribution is -2.27. The average Bonchev–Trinajstić information content (AvgIpc) is 2.38. The molecular weight excluding hydrogens is 271 g/mol. The number of halogens is 3. The van der Waals surface area contributed by atoms with Crippen LogP contribution in [0.2, 0.25) is 0 Å². The van der Waals surface area contributed by atoms with E-state index in [1.54, 1.807) is 30.3 Å². The minimum Gasteiger partial charge on any atom is -0.506 e. The molecule has 0 spiro atoms. The number of nitrogens with one attached hydrogen (secondary N) is 1. The topological polar surface area (TPSA) is 49.3 Å². The summed E-state index contributed by atoms with van der Waals surface area (Å²) in [4.78, 5) is 11.8. The van der Waals surface area contributed by atoms with E-state index in [-0.39, 0.29) is 11.3 Å². The van der Waals surface area contributed by atoms with Gasteiger partial charge in [-0.05, 0) is 11.5 Å². The third-order valence-electron chi connectivity index (χ3n) is 2.84. The van der Waals surface area contributed by atoms with E-state index < -0.39 is 25.0 Å². The Hall–Kier alpha value is -2.24. The monoisotopic (exact) mass is 283 g/mol. The average molecular weight is 283 g/mol.